The van der Waals surface area contributed by atoms with Crippen LogP contribution in [-0.4, -0.2) is 17.1 Å². The minimum atomic E-state index is -0.186. The summed E-state index contributed by atoms with van der Waals surface area (Å²) in [7, 11) is 0. The minimum Gasteiger partial charge on any atom is -0.325 e. The number of rotatable bonds is 4. The van der Waals surface area contributed by atoms with Crippen LogP contribution in [-0.2, 0) is 4.79 Å². The van der Waals surface area contributed by atoms with Gasteiger partial charge in [-0.3, -0.25) is 9.59 Å². The number of halogens is 1. The van der Waals surface area contributed by atoms with Crippen molar-refractivity contribution in [3.05, 3.63) is 60.2 Å². The first-order valence-corrected chi connectivity index (χ1v) is 7.13. The van der Waals surface area contributed by atoms with E-state index in [2.05, 4.69) is 26.6 Å². The summed E-state index contributed by atoms with van der Waals surface area (Å²) in [6, 6.07) is 16.0. The Morgan fingerprint density at radius 3 is 2.05 bits per heavy atom. The van der Waals surface area contributed by atoms with Crippen molar-refractivity contribution in [3.8, 4) is 0 Å². The number of nitrogens with one attached hydrogen (secondary N) is 2. The average molecular weight is 333 g/mol. The van der Waals surface area contributed by atoms with Gasteiger partial charge in [-0.25, -0.2) is 0 Å². The van der Waals surface area contributed by atoms with Crippen molar-refractivity contribution in [1.82, 2.24) is 0 Å². The number of carbonyl (C=O) groups is 2. The number of benzene rings is 2. The molecule has 2 N–H and O–H groups in total. The van der Waals surface area contributed by atoms with Crippen LogP contribution in [0.3, 0.4) is 0 Å². The molecular formula is C15H13BrN2O2. The molecule has 0 aromatic heterocycles. The summed E-state index contributed by atoms with van der Waals surface area (Å²) in [5, 5.41) is 5.73. The second-order valence-electron chi connectivity index (χ2n) is 4.08. The Hall–Kier alpha value is -2.14. The van der Waals surface area contributed by atoms with Gasteiger partial charge in [-0.1, -0.05) is 34.1 Å². The Kier molecular flexibility index (Phi) is 4.90. The van der Waals surface area contributed by atoms with Gasteiger partial charge in [0.2, 0.25) is 5.91 Å². The molecule has 0 unspecified atom stereocenters. The summed E-state index contributed by atoms with van der Waals surface area (Å²) in [4.78, 5) is 23.2. The van der Waals surface area contributed by atoms with Gasteiger partial charge in [0.25, 0.3) is 5.91 Å². The lowest BCUT2D eigenvalue weighted by molar-refractivity contribution is -0.113. The first-order valence-electron chi connectivity index (χ1n) is 6.01. The van der Waals surface area contributed by atoms with Crippen LogP contribution in [0.1, 0.15) is 10.4 Å². The maximum absolute atomic E-state index is 12.0. The highest BCUT2D eigenvalue weighted by molar-refractivity contribution is 9.09. The second kappa shape index (κ2) is 6.86. The number of hydrogen-bond acceptors (Lipinski definition) is 2. The minimum absolute atomic E-state index is 0.133. The number of carbonyl (C=O) groups excluding carboxylic acids is 2. The van der Waals surface area contributed by atoms with E-state index < -0.39 is 0 Å². The van der Waals surface area contributed by atoms with Crippen molar-refractivity contribution in [2.24, 2.45) is 0 Å². The molecule has 20 heavy (non-hydrogen) atoms. The summed E-state index contributed by atoms with van der Waals surface area (Å²) in [6.07, 6.45) is 0. The van der Waals surface area contributed by atoms with E-state index in [1.165, 1.54) is 0 Å². The van der Waals surface area contributed by atoms with Crippen molar-refractivity contribution in [3.63, 3.8) is 0 Å². The average Bonchev–Trinajstić information content (AvgIpc) is 2.49. The van der Waals surface area contributed by atoms with Crippen LogP contribution in [0.2, 0.25) is 0 Å². The number of alkyl halides is 1. The number of hydrogen-bond donors (Lipinski definition) is 2. The Morgan fingerprint density at radius 1 is 0.850 bits per heavy atom. The van der Waals surface area contributed by atoms with Gasteiger partial charge in [-0.15, -0.1) is 0 Å². The number of anilines is 2. The van der Waals surface area contributed by atoms with Gasteiger partial charge in [0.1, 0.15) is 0 Å². The number of para-hydroxylation sites is 1. The van der Waals surface area contributed by atoms with E-state index in [4.69, 9.17) is 0 Å². The fourth-order valence-electron chi connectivity index (χ4n) is 1.62. The van der Waals surface area contributed by atoms with E-state index in [9.17, 15) is 9.59 Å². The fourth-order valence-corrected chi connectivity index (χ4v) is 1.76. The van der Waals surface area contributed by atoms with E-state index in [0.29, 0.717) is 11.3 Å². The Morgan fingerprint density at radius 2 is 1.45 bits per heavy atom. The van der Waals surface area contributed by atoms with Gasteiger partial charge < -0.3 is 10.6 Å². The number of amides is 2. The SMILES string of the molecule is O=C(CBr)Nc1ccc(C(=O)Nc2ccccc2)cc1. The summed E-state index contributed by atoms with van der Waals surface area (Å²) in [5.74, 6) is -0.318. The van der Waals surface area contributed by atoms with Gasteiger partial charge in [0.15, 0.2) is 0 Å². The van der Waals surface area contributed by atoms with Gasteiger partial charge in [0.05, 0.1) is 5.33 Å². The molecule has 0 fully saturated rings. The van der Waals surface area contributed by atoms with E-state index >= 15 is 0 Å². The lowest BCUT2D eigenvalue weighted by atomic mass is 10.2. The van der Waals surface area contributed by atoms with Crippen molar-refractivity contribution in [1.29, 1.82) is 0 Å². The van der Waals surface area contributed by atoms with Crippen molar-refractivity contribution in [2.45, 2.75) is 0 Å². The lowest BCUT2D eigenvalue weighted by Crippen LogP contribution is -2.14. The summed E-state index contributed by atoms with van der Waals surface area (Å²) in [6.45, 7) is 0. The highest BCUT2D eigenvalue weighted by Gasteiger charge is 2.06. The lowest BCUT2D eigenvalue weighted by Gasteiger charge is -2.06. The molecule has 0 radical (unpaired) electrons. The van der Waals surface area contributed by atoms with Crippen LogP contribution in [0.25, 0.3) is 0 Å². The topological polar surface area (TPSA) is 58.2 Å². The zero-order valence-electron chi connectivity index (χ0n) is 10.6. The highest BCUT2D eigenvalue weighted by Crippen LogP contribution is 2.12. The Bertz CT molecular complexity index is 597. The molecule has 0 spiro atoms. The molecule has 0 atom stereocenters. The normalized spacial score (nSPS) is 9.85. The molecule has 102 valence electrons. The molecule has 0 aliphatic carbocycles. The van der Waals surface area contributed by atoms with Gasteiger partial charge >= 0.3 is 0 Å². The molecule has 4 nitrogen and oxygen atoms in total. The maximum atomic E-state index is 12.0. The molecule has 0 aliphatic heterocycles. The summed E-state index contributed by atoms with van der Waals surface area (Å²) >= 11 is 3.07. The predicted molar refractivity (Wildman–Crippen MR) is 83.3 cm³/mol. The molecule has 0 aliphatic rings. The van der Waals surface area contributed by atoms with Crippen LogP contribution in [0.5, 0.6) is 0 Å². The zero-order valence-corrected chi connectivity index (χ0v) is 12.2. The smallest absolute Gasteiger partial charge is 0.255 e. The quantitative estimate of drug-likeness (QED) is 0.844. The van der Waals surface area contributed by atoms with E-state index in [1.54, 1.807) is 24.3 Å². The van der Waals surface area contributed by atoms with E-state index in [-0.39, 0.29) is 17.1 Å². The Labute approximate surface area is 125 Å². The molecular weight excluding hydrogens is 320 g/mol. The predicted octanol–water partition coefficient (Wildman–Crippen LogP) is 3.27. The van der Waals surface area contributed by atoms with Crippen LogP contribution in [0, 0.1) is 0 Å². The van der Waals surface area contributed by atoms with Crippen molar-refractivity contribution < 1.29 is 9.59 Å². The zero-order chi connectivity index (χ0) is 14.4. The third-order valence-corrected chi connectivity index (χ3v) is 3.09. The maximum Gasteiger partial charge on any atom is 0.255 e. The molecule has 0 saturated heterocycles. The van der Waals surface area contributed by atoms with Crippen LogP contribution >= 0.6 is 15.9 Å². The van der Waals surface area contributed by atoms with Gasteiger partial charge in [0, 0.05) is 16.9 Å². The van der Waals surface area contributed by atoms with Gasteiger partial charge in [-0.2, -0.15) is 0 Å². The molecule has 2 aromatic carbocycles. The molecule has 2 rings (SSSR count). The van der Waals surface area contributed by atoms with Crippen molar-refractivity contribution in [2.75, 3.05) is 16.0 Å². The van der Waals surface area contributed by atoms with Crippen molar-refractivity contribution >= 4 is 39.1 Å². The van der Waals surface area contributed by atoms with Crippen LogP contribution in [0.15, 0.2) is 54.6 Å². The molecule has 2 amide bonds. The van der Waals surface area contributed by atoms with E-state index in [0.717, 1.165) is 5.69 Å². The Balaban J connectivity index is 2.02. The molecule has 5 heteroatoms. The highest BCUT2D eigenvalue weighted by atomic mass is 79.9. The van der Waals surface area contributed by atoms with E-state index in [1.807, 2.05) is 30.3 Å². The molecule has 0 saturated carbocycles. The third kappa shape index (κ3) is 3.93. The molecule has 0 heterocycles. The summed E-state index contributed by atoms with van der Waals surface area (Å²) < 4.78 is 0. The van der Waals surface area contributed by atoms with Crippen LogP contribution in [0.4, 0.5) is 11.4 Å². The van der Waals surface area contributed by atoms with Gasteiger partial charge in [-0.05, 0) is 36.4 Å². The second-order valence-corrected chi connectivity index (χ2v) is 4.64. The third-order valence-electron chi connectivity index (χ3n) is 2.58. The molecule has 2 aromatic rings. The summed E-state index contributed by atoms with van der Waals surface area (Å²) in [5.41, 5.74) is 1.94. The van der Waals surface area contributed by atoms with Crippen LogP contribution < -0.4 is 10.6 Å². The standard InChI is InChI=1S/C15H13BrN2O2/c16-10-14(19)17-13-8-6-11(7-9-13)15(20)18-12-4-2-1-3-5-12/h1-9H,10H2,(H,17,19)(H,18,20). The first kappa shape index (κ1) is 14.3. The first-order chi connectivity index (χ1) is 9.69. The largest absolute Gasteiger partial charge is 0.325 e. The molecule has 0 bridgehead atoms. The monoisotopic (exact) mass is 332 g/mol. The fraction of sp³-hybridized carbons (Fsp3) is 0.0667.